The van der Waals surface area contributed by atoms with Gasteiger partial charge in [0.25, 0.3) is 5.91 Å². The SMILES string of the molecule is CO[C@@H]1CCN(c2ccc3ncc(C#Cc4cncc(C(=O)Nc5ccc(CN6CCN(C)CC6)c(C(F)(F)F)c5)c4)n3n2)C1. The van der Waals surface area contributed by atoms with Crippen molar-refractivity contribution in [2.24, 2.45) is 0 Å². The Labute approximate surface area is 258 Å². The maximum absolute atomic E-state index is 14.0. The van der Waals surface area contributed by atoms with Gasteiger partial charge in [-0.3, -0.25) is 14.7 Å². The van der Waals surface area contributed by atoms with Crippen molar-refractivity contribution in [1.29, 1.82) is 0 Å². The number of hydrogen-bond acceptors (Lipinski definition) is 8. The molecule has 0 unspecified atom stereocenters. The third-order valence-corrected chi connectivity index (χ3v) is 8.15. The molecule has 13 heteroatoms. The first-order valence-electron chi connectivity index (χ1n) is 14.7. The molecular weight excluding hydrogens is 585 g/mol. The molecule has 1 aromatic carbocycles. The zero-order valence-electron chi connectivity index (χ0n) is 25.0. The highest BCUT2D eigenvalue weighted by molar-refractivity contribution is 6.04. The number of nitrogens with zero attached hydrogens (tertiary/aromatic N) is 7. The Bertz CT molecular complexity index is 1750. The molecule has 2 aliphatic heterocycles. The summed E-state index contributed by atoms with van der Waals surface area (Å²) in [6.45, 7) is 4.78. The maximum atomic E-state index is 14.0. The molecule has 0 aliphatic carbocycles. The summed E-state index contributed by atoms with van der Waals surface area (Å²) in [6, 6.07) is 9.26. The first-order valence-corrected chi connectivity index (χ1v) is 14.7. The molecule has 0 bridgehead atoms. The van der Waals surface area contributed by atoms with Crippen LogP contribution in [0, 0.1) is 11.8 Å². The molecule has 234 valence electrons. The molecule has 4 aromatic rings. The number of alkyl halides is 3. The predicted molar refractivity (Wildman–Crippen MR) is 163 cm³/mol. The minimum absolute atomic E-state index is 0.0494. The number of piperazine rings is 1. The smallest absolute Gasteiger partial charge is 0.380 e. The Morgan fingerprint density at radius 2 is 1.87 bits per heavy atom. The normalized spacial score (nSPS) is 17.8. The first kappa shape index (κ1) is 30.5. The Kier molecular flexibility index (Phi) is 8.71. The number of methoxy groups -OCH3 is 1. The maximum Gasteiger partial charge on any atom is 0.416 e. The predicted octanol–water partition coefficient (Wildman–Crippen LogP) is 3.77. The van der Waals surface area contributed by atoms with Crippen molar-refractivity contribution in [1.82, 2.24) is 29.4 Å². The fourth-order valence-corrected chi connectivity index (χ4v) is 5.52. The number of aromatic nitrogens is 4. The van der Waals surface area contributed by atoms with Crippen LogP contribution in [0.2, 0.25) is 0 Å². The van der Waals surface area contributed by atoms with Gasteiger partial charge in [0.05, 0.1) is 23.4 Å². The number of rotatable bonds is 6. The summed E-state index contributed by atoms with van der Waals surface area (Å²) in [5.41, 5.74) is 1.29. The highest BCUT2D eigenvalue weighted by atomic mass is 19.4. The molecule has 0 radical (unpaired) electrons. The van der Waals surface area contributed by atoms with Crippen LogP contribution in [0.15, 0.2) is 55.0 Å². The standard InChI is InChI=1S/C32H33F3N8O2/c1-40-11-13-41(14-12-40)20-23-4-5-25(16-28(23)32(33,34)35)38-31(44)24-15-22(17-36-18-24)3-6-26-19-37-29-7-8-30(39-43(26)29)42-10-9-27(21-42)45-2/h4-5,7-8,15-19,27H,9-14,20-21H2,1-2H3,(H,38,44)/t27-/m1/s1. The second kappa shape index (κ2) is 12.8. The summed E-state index contributed by atoms with van der Waals surface area (Å²) in [7, 11) is 3.70. The van der Waals surface area contributed by atoms with Crippen LogP contribution in [0.4, 0.5) is 24.7 Å². The number of hydrogen-bond donors (Lipinski definition) is 1. The van der Waals surface area contributed by atoms with Gasteiger partial charge >= 0.3 is 6.18 Å². The number of fused-ring (bicyclic) bond motifs is 1. The zero-order valence-corrected chi connectivity index (χ0v) is 25.0. The number of halogens is 3. The van der Waals surface area contributed by atoms with Gasteiger partial charge in [0, 0.05) is 76.6 Å². The quantitative estimate of drug-likeness (QED) is 0.327. The van der Waals surface area contributed by atoms with Gasteiger partial charge in [-0.15, -0.1) is 5.10 Å². The topological polar surface area (TPSA) is 91.1 Å². The molecule has 0 saturated carbocycles. The van der Waals surface area contributed by atoms with E-state index in [9.17, 15) is 18.0 Å². The third-order valence-electron chi connectivity index (χ3n) is 8.15. The molecule has 6 rings (SSSR count). The second-order valence-electron chi connectivity index (χ2n) is 11.3. The number of benzene rings is 1. The van der Waals surface area contributed by atoms with Gasteiger partial charge in [0.1, 0.15) is 11.5 Å². The Hall–Kier alpha value is -4.51. The Balaban J connectivity index is 1.17. The van der Waals surface area contributed by atoms with E-state index in [1.54, 1.807) is 23.9 Å². The van der Waals surface area contributed by atoms with E-state index in [0.29, 0.717) is 30.0 Å². The van der Waals surface area contributed by atoms with Crippen LogP contribution < -0.4 is 10.2 Å². The molecule has 10 nitrogen and oxygen atoms in total. The first-order chi connectivity index (χ1) is 21.7. The summed E-state index contributed by atoms with van der Waals surface area (Å²) in [5, 5.41) is 7.30. The van der Waals surface area contributed by atoms with E-state index in [-0.39, 0.29) is 29.5 Å². The lowest BCUT2D eigenvalue weighted by Gasteiger charge is -2.33. The molecule has 2 fully saturated rings. The molecular formula is C32H33F3N8O2. The lowest BCUT2D eigenvalue weighted by atomic mass is 10.0. The van der Waals surface area contributed by atoms with Crippen molar-refractivity contribution in [3.63, 3.8) is 0 Å². The number of pyridine rings is 1. The number of ether oxygens (including phenoxy) is 1. The van der Waals surface area contributed by atoms with Crippen LogP contribution in [-0.2, 0) is 17.5 Å². The van der Waals surface area contributed by atoms with Crippen LogP contribution in [0.25, 0.3) is 5.65 Å². The van der Waals surface area contributed by atoms with E-state index in [0.717, 1.165) is 44.5 Å². The van der Waals surface area contributed by atoms with Gasteiger partial charge in [0.15, 0.2) is 5.65 Å². The summed E-state index contributed by atoms with van der Waals surface area (Å²) < 4.78 is 49.1. The molecule has 5 heterocycles. The summed E-state index contributed by atoms with van der Waals surface area (Å²) in [6.07, 6.45) is 1.01. The van der Waals surface area contributed by atoms with Gasteiger partial charge in [-0.1, -0.05) is 12.0 Å². The van der Waals surface area contributed by atoms with Crippen molar-refractivity contribution in [2.75, 3.05) is 63.6 Å². The lowest BCUT2D eigenvalue weighted by molar-refractivity contribution is -0.138. The average Bonchev–Trinajstić information content (AvgIpc) is 3.68. The largest absolute Gasteiger partial charge is 0.416 e. The van der Waals surface area contributed by atoms with Crippen molar-refractivity contribution >= 4 is 23.1 Å². The minimum atomic E-state index is -4.56. The molecule has 1 amide bonds. The second-order valence-corrected chi connectivity index (χ2v) is 11.3. The number of likely N-dealkylation sites (N-methyl/N-ethyl adjacent to an activating group) is 1. The van der Waals surface area contributed by atoms with Gasteiger partial charge in [-0.25, -0.2) is 9.50 Å². The number of carbonyl (C=O) groups is 1. The number of imidazole rings is 1. The van der Waals surface area contributed by atoms with E-state index in [2.05, 4.69) is 36.9 Å². The molecule has 1 N–H and O–H groups in total. The van der Waals surface area contributed by atoms with E-state index in [1.807, 2.05) is 24.1 Å². The Morgan fingerprint density at radius 3 is 2.62 bits per heavy atom. The van der Waals surface area contributed by atoms with Crippen LogP contribution >= 0.6 is 0 Å². The van der Waals surface area contributed by atoms with Gasteiger partial charge in [-0.2, -0.15) is 13.2 Å². The van der Waals surface area contributed by atoms with Crippen molar-refractivity contribution < 1.29 is 22.7 Å². The number of amides is 1. The van der Waals surface area contributed by atoms with E-state index in [1.165, 1.54) is 24.5 Å². The highest BCUT2D eigenvalue weighted by Crippen LogP contribution is 2.34. The fourth-order valence-electron chi connectivity index (χ4n) is 5.52. The molecule has 1 atom stereocenters. The number of nitrogens with one attached hydrogen (secondary N) is 1. The number of carbonyl (C=O) groups excluding carboxylic acids is 1. The van der Waals surface area contributed by atoms with Crippen LogP contribution in [-0.4, -0.2) is 94.8 Å². The molecule has 2 aliphatic rings. The van der Waals surface area contributed by atoms with E-state index < -0.39 is 17.6 Å². The van der Waals surface area contributed by atoms with Crippen LogP contribution in [0.5, 0.6) is 0 Å². The molecule has 3 aromatic heterocycles. The van der Waals surface area contributed by atoms with Crippen LogP contribution in [0.3, 0.4) is 0 Å². The van der Waals surface area contributed by atoms with E-state index in [4.69, 9.17) is 9.84 Å². The van der Waals surface area contributed by atoms with Crippen molar-refractivity contribution in [2.45, 2.75) is 25.2 Å². The number of anilines is 2. The minimum Gasteiger partial charge on any atom is -0.380 e. The zero-order chi connectivity index (χ0) is 31.6. The van der Waals surface area contributed by atoms with Crippen LogP contribution in [0.1, 0.15) is 39.2 Å². The summed E-state index contributed by atoms with van der Waals surface area (Å²) in [5.74, 6) is 6.25. The van der Waals surface area contributed by atoms with E-state index >= 15 is 0 Å². The summed E-state index contributed by atoms with van der Waals surface area (Å²) in [4.78, 5) is 27.9. The average molecular weight is 619 g/mol. The van der Waals surface area contributed by atoms with Crippen molar-refractivity contribution in [3.8, 4) is 11.8 Å². The third kappa shape index (κ3) is 7.09. The van der Waals surface area contributed by atoms with Gasteiger partial charge in [-0.05, 0) is 55.3 Å². The molecule has 0 spiro atoms. The molecule has 2 saturated heterocycles. The summed E-state index contributed by atoms with van der Waals surface area (Å²) >= 11 is 0. The lowest BCUT2D eigenvalue weighted by Crippen LogP contribution is -2.44. The van der Waals surface area contributed by atoms with Gasteiger partial charge < -0.3 is 19.9 Å². The highest BCUT2D eigenvalue weighted by Gasteiger charge is 2.34. The van der Waals surface area contributed by atoms with Gasteiger partial charge in [0.2, 0.25) is 0 Å². The van der Waals surface area contributed by atoms with Crippen molar-refractivity contribution in [3.05, 3.63) is 82.9 Å². The monoisotopic (exact) mass is 618 g/mol. The molecule has 45 heavy (non-hydrogen) atoms. The Morgan fingerprint density at radius 1 is 1.04 bits per heavy atom. The fraction of sp³-hybridized carbons (Fsp3) is 0.375.